The van der Waals surface area contributed by atoms with Crippen LogP contribution in [-0.4, -0.2) is 43.2 Å². The van der Waals surface area contributed by atoms with Crippen molar-refractivity contribution in [2.75, 3.05) is 6.61 Å². The van der Waals surface area contributed by atoms with Crippen LogP contribution in [0, 0.1) is 5.82 Å². The summed E-state index contributed by atoms with van der Waals surface area (Å²) in [5.41, 5.74) is 2.25. The van der Waals surface area contributed by atoms with Crippen LogP contribution in [0.4, 0.5) is 4.39 Å². The van der Waals surface area contributed by atoms with Gasteiger partial charge < -0.3 is 4.74 Å². The highest BCUT2D eigenvalue weighted by Gasteiger charge is 2.23. The molecule has 0 bridgehead atoms. The van der Waals surface area contributed by atoms with Crippen LogP contribution < -0.4 is 5.69 Å². The van der Waals surface area contributed by atoms with E-state index in [2.05, 4.69) is 43.5 Å². The summed E-state index contributed by atoms with van der Waals surface area (Å²) in [5.74, 6) is 0.0217. The van der Waals surface area contributed by atoms with Gasteiger partial charge >= 0.3 is 5.69 Å². The minimum Gasteiger partial charge on any atom is -0.361 e. The van der Waals surface area contributed by atoms with Crippen LogP contribution in [0.25, 0.3) is 28.3 Å². The van der Waals surface area contributed by atoms with Crippen molar-refractivity contribution in [3.8, 4) is 11.5 Å². The molecule has 0 saturated heterocycles. The number of rotatable bonds is 11. The van der Waals surface area contributed by atoms with Gasteiger partial charge in [0.1, 0.15) is 29.4 Å². The summed E-state index contributed by atoms with van der Waals surface area (Å²) in [6.45, 7) is 11.9. The monoisotopic (exact) mass is 498 g/mol. The van der Waals surface area contributed by atoms with Crippen molar-refractivity contribution >= 4 is 24.9 Å². The first-order chi connectivity index (χ1) is 16.7. The molecule has 0 unspecified atom stereocenters. The van der Waals surface area contributed by atoms with Gasteiger partial charge in [0.2, 0.25) is 0 Å². The number of imidazole rings is 2. The number of aromatic nitrogens is 6. The van der Waals surface area contributed by atoms with Gasteiger partial charge in [0.25, 0.3) is 0 Å². The molecule has 0 fully saturated rings. The SMILES string of the molecule is CCCC[C@H](CC)n1c(=O)n(COCC[Si](C)(C)C)c2cnc(-c3cnc4ccc(F)cn34)nc21. The van der Waals surface area contributed by atoms with Gasteiger partial charge in [-0.05, 0) is 31.0 Å². The second-order valence-electron chi connectivity index (χ2n) is 10.3. The molecule has 0 aliphatic carbocycles. The average molecular weight is 499 g/mol. The molecule has 0 saturated carbocycles. The van der Waals surface area contributed by atoms with Crippen molar-refractivity contribution in [3.05, 3.63) is 47.0 Å². The first-order valence-electron chi connectivity index (χ1n) is 12.4. The van der Waals surface area contributed by atoms with E-state index in [0.717, 1.165) is 31.7 Å². The molecule has 1 atom stereocenters. The maximum Gasteiger partial charge on any atom is 0.332 e. The number of hydrogen-bond donors (Lipinski definition) is 0. The molecule has 0 radical (unpaired) electrons. The van der Waals surface area contributed by atoms with Gasteiger partial charge in [-0.1, -0.05) is 46.3 Å². The van der Waals surface area contributed by atoms with E-state index in [9.17, 15) is 9.18 Å². The number of pyridine rings is 1. The van der Waals surface area contributed by atoms with Gasteiger partial charge in [-0.3, -0.25) is 13.5 Å². The number of hydrogen-bond acceptors (Lipinski definition) is 5. The standard InChI is InChI=1S/C25H35FN6O2Si/c1-6-8-9-19(7-2)32-24-21(31(25(32)33)17-34-12-13-35(3,4)5)15-28-23(29-24)20-14-27-22-11-10-18(26)16-30(20)22/h10-11,14-16,19H,6-9,12-13,17H2,1-5H3/t19-/m0/s1. The fourth-order valence-corrected chi connectivity index (χ4v) is 5.00. The highest BCUT2D eigenvalue weighted by Crippen LogP contribution is 2.25. The van der Waals surface area contributed by atoms with Crippen LogP contribution in [0.3, 0.4) is 0 Å². The molecule has 188 valence electrons. The van der Waals surface area contributed by atoms with Crippen molar-refractivity contribution in [1.82, 2.24) is 28.5 Å². The fourth-order valence-electron chi connectivity index (χ4n) is 4.24. The molecule has 0 aromatic carbocycles. The van der Waals surface area contributed by atoms with Crippen molar-refractivity contribution < 1.29 is 9.13 Å². The maximum atomic E-state index is 13.9. The van der Waals surface area contributed by atoms with Gasteiger partial charge in [-0.15, -0.1) is 0 Å². The number of ether oxygens (including phenoxy) is 1. The summed E-state index contributed by atoms with van der Waals surface area (Å²) in [5, 5.41) is 0. The third kappa shape index (κ3) is 5.38. The quantitative estimate of drug-likeness (QED) is 0.201. The Morgan fingerprint density at radius 2 is 1.94 bits per heavy atom. The van der Waals surface area contributed by atoms with Crippen molar-refractivity contribution in [1.29, 1.82) is 0 Å². The maximum absolute atomic E-state index is 13.9. The Balaban J connectivity index is 1.80. The van der Waals surface area contributed by atoms with Crippen LogP contribution in [0.1, 0.15) is 45.6 Å². The molecule has 4 aromatic heterocycles. The zero-order chi connectivity index (χ0) is 25.2. The summed E-state index contributed by atoms with van der Waals surface area (Å²) >= 11 is 0. The summed E-state index contributed by atoms with van der Waals surface area (Å²) in [4.78, 5) is 27.3. The smallest absolute Gasteiger partial charge is 0.332 e. The van der Waals surface area contributed by atoms with Crippen molar-refractivity contribution in [2.45, 2.75) is 78.0 Å². The number of unbranched alkanes of at least 4 members (excludes halogenated alkanes) is 1. The molecule has 4 rings (SSSR count). The summed E-state index contributed by atoms with van der Waals surface area (Å²) in [6, 6.07) is 4.03. The zero-order valence-electron chi connectivity index (χ0n) is 21.3. The number of fused-ring (bicyclic) bond motifs is 2. The normalized spacial score (nSPS) is 13.2. The van der Waals surface area contributed by atoms with Crippen LogP contribution in [-0.2, 0) is 11.5 Å². The predicted molar refractivity (Wildman–Crippen MR) is 139 cm³/mol. The Morgan fingerprint density at radius 1 is 1.14 bits per heavy atom. The molecule has 0 aliphatic rings. The van der Waals surface area contributed by atoms with Crippen LogP contribution in [0.5, 0.6) is 0 Å². The Labute approximate surface area is 205 Å². The minimum atomic E-state index is -1.24. The van der Waals surface area contributed by atoms with E-state index >= 15 is 0 Å². The van der Waals surface area contributed by atoms with Gasteiger partial charge in [0.15, 0.2) is 11.5 Å². The van der Waals surface area contributed by atoms with E-state index in [-0.39, 0.29) is 24.3 Å². The second kappa shape index (κ2) is 10.4. The molecule has 0 aliphatic heterocycles. The third-order valence-corrected chi connectivity index (χ3v) is 8.05. The third-order valence-electron chi connectivity index (χ3n) is 6.35. The van der Waals surface area contributed by atoms with Crippen molar-refractivity contribution in [2.24, 2.45) is 0 Å². The summed E-state index contributed by atoms with van der Waals surface area (Å²) in [6.07, 6.45) is 8.45. The van der Waals surface area contributed by atoms with E-state index in [0.29, 0.717) is 34.9 Å². The molecule has 0 N–H and O–H groups in total. The lowest BCUT2D eigenvalue weighted by molar-refractivity contribution is 0.0868. The minimum absolute atomic E-state index is 0.0237. The lowest BCUT2D eigenvalue weighted by Crippen LogP contribution is -2.29. The lowest BCUT2D eigenvalue weighted by atomic mass is 10.1. The van der Waals surface area contributed by atoms with Gasteiger partial charge in [-0.25, -0.2) is 24.1 Å². The zero-order valence-corrected chi connectivity index (χ0v) is 22.3. The molecule has 8 nitrogen and oxygen atoms in total. The van der Waals surface area contributed by atoms with Gasteiger partial charge in [0, 0.05) is 26.9 Å². The fraction of sp³-hybridized carbons (Fsp3) is 0.520. The molecule has 0 spiro atoms. The van der Waals surface area contributed by atoms with E-state index in [4.69, 9.17) is 9.72 Å². The molecule has 4 heterocycles. The Kier molecular flexibility index (Phi) is 7.51. The predicted octanol–water partition coefficient (Wildman–Crippen LogP) is 5.50. The molecule has 10 heteroatoms. The van der Waals surface area contributed by atoms with Gasteiger partial charge in [0.05, 0.1) is 12.4 Å². The molecular formula is C25H35FN6O2Si. The molecule has 0 amide bonds. The first-order valence-corrected chi connectivity index (χ1v) is 16.1. The van der Waals surface area contributed by atoms with E-state index in [1.165, 1.54) is 12.3 Å². The highest BCUT2D eigenvalue weighted by atomic mass is 28.3. The van der Waals surface area contributed by atoms with Crippen LogP contribution in [0.15, 0.2) is 35.5 Å². The first kappa shape index (κ1) is 25.2. The summed E-state index contributed by atoms with van der Waals surface area (Å²) in [7, 11) is -1.24. The van der Waals surface area contributed by atoms with E-state index in [1.807, 2.05) is 0 Å². The summed E-state index contributed by atoms with van der Waals surface area (Å²) < 4.78 is 24.9. The van der Waals surface area contributed by atoms with E-state index < -0.39 is 8.07 Å². The average Bonchev–Trinajstić information content (AvgIpc) is 3.35. The Bertz CT molecular complexity index is 1370. The number of halogens is 1. The topological polar surface area (TPSA) is 79.2 Å². The van der Waals surface area contributed by atoms with Gasteiger partial charge in [-0.2, -0.15) is 0 Å². The molecule has 35 heavy (non-hydrogen) atoms. The lowest BCUT2D eigenvalue weighted by Gasteiger charge is -2.16. The Morgan fingerprint density at radius 3 is 2.66 bits per heavy atom. The van der Waals surface area contributed by atoms with Crippen LogP contribution in [0.2, 0.25) is 25.7 Å². The number of nitrogens with zero attached hydrogens (tertiary/aromatic N) is 6. The van der Waals surface area contributed by atoms with Crippen molar-refractivity contribution in [3.63, 3.8) is 0 Å². The highest BCUT2D eigenvalue weighted by molar-refractivity contribution is 6.76. The molecule has 4 aromatic rings. The molecular weight excluding hydrogens is 463 g/mol. The largest absolute Gasteiger partial charge is 0.361 e. The van der Waals surface area contributed by atoms with E-state index in [1.54, 1.807) is 32.0 Å². The Hall–Kier alpha value is -2.85. The van der Waals surface area contributed by atoms with Crippen LogP contribution >= 0.6 is 0 Å². The second-order valence-corrected chi connectivity index (χ2v) is 15.9.